The predicted molar refractivity (Wildman–Crippen MR) is 108 cm³/mol. The van der Waals surface area contributed by atoms with E-state index in [9.17, 15) is 9.59 Å². The second kappa shape index (κ2) is 7.73. The standard InChI is InChI=1S/C17H14N4O3S2.ClH/c1-9-6-12(22)21(17(9)23)20-15-13-10(7-24-2)8-26-16(13)19-14(18-15)11-4-3-5-25-11;/h3-6,8H,7H2,1-2H3,(H,18,19,20);1H. The first-order valence-corrected chi connectivity index (χ1v) is 9.48. The highest BCUT2D eigenvalue weighted by Crippen LogP contribution is 2.34. The van der Waals surface area contributed by atoms with E-state index in [4.69, 9.17) is 4.74 Å². The van der Waals surface area contributed by atoms with Crippen molar-refractivity contribution < 1.29 is 14.3 Å². The van der Waals surface area contributed by atoms with Crippen molar-refractivity contribution >= 4 is 62.9 Å². The molecule has 0 aliphatic carbocycles. The minimum atomic E-state index is -0.416. The number of hydrogen-bond donors (Lipinski definition) is 1. The Balaban J connectivity index is 0.00000210. The van der Waals surface area contributed by atoms with Crippen LogP contribution in [0.3, 0.4) is 0 Å². The number of rotatable bonds is 5. The van der Waals surface area contributed by atoms with E-state index < -0.39 is 5.91 Å². The minimum Gasteiger partial charge on any atom is -0.380 e. The third kappa shape index (κ3) is 3.46. The first-order chi connectivity index (χ1) is 12.6. The summed E-state index contributed by atoms with van der Waals surface area (Å²) in [6.45, 7) is 1.99. The summed E-state index contributed by atoms with van der Waals surface area (Å²) < 4.78 is 5.25. The van der Waals surface area contributed by atoms with Crippen molar-refractivity contribution in [2.45, 2.75) is 13.5 Å². The Hall–Kier alpha value is -2.33. The van der Waals surface area contributed by atoms with E-state index in [1.165, 1.54) is 28.7 Å². The summed E-state index contributed by atoms with van der Waals surface area (Å²) in [4.78, 5) is 35.2. The van der Waals surface area contributed by atoms with Gasteiger partial charge in [0.2, 0.25) is 0 Å². The SMILES string of the molecule is COCc1csc2nc(-c3cccs3)nc(NN3C(=O)C=C(C)C3=O)c12.Cl. The van der Waals surface area contributed by atoms with Gasteiger partial charge < -0.3 is 4.74 Å². The molecular formula is C17H15ClN4O3S2. The van der Waals surface area contributed by atoms with Gasteiger partial charge in [-0.25, -0.2) is 9.97 Å². The third-order valence-electron chi connectivity index (χ3n) is 3.87. The minimum absolute atomic E-state index is 0. The lowest BCUT2D eigenvalue weighted by molar-refractivity contribution is -0.135. The van der Waals surface area contributed by atoms with Crippen molar-refractivity contribution in [1.29, 1.82) is 0 Å². The Kier molecular flexibility index (Phi) is 5.56. The molecule has 4 heterocycles. The summed E-state index contributed by atoms with van der Waals surface area (Å²) in [7, 11) is 1.61. The van der Waals surface area contributed by atoms with E-state index in [-0.39, 0.29) is 18.3 Å². The van der Waals surface area contributed by atoms with E-state index in [1.807, 2.05) is 22.9 Å². The number of halogens is 1. The first kappa shape index (κ1) is 19.4. The summed E-state index contributed by atoms with van der Waals surface area (Å²) in [6.07, 6.45) is 1.30. The molecule has 140 valence electrons. The van der Waals surface area contributed by atoms with Gasteiger partial charge in [0.25, 0.3) is 11.8 Å². The summed E-state index contributed by atoms with van der Waals surface area (Å²) in [5.41, 5.74) is 4.17. The van der Waals surface area contributed by atoms with Crippen LogP contribution in [0.15, 0.2) is 34.5 Å². The number of amides is 2. The number of carbonyl (C=O) groups excluding carboxylic acids is 2. The lowest BCUT2D eigenvalue weighted by Gasteiger charge is -2.17. The van der Waals surface area contributed by atoms with Crippen LogP contribution in [0, 0.1) is 0 Å². The van der Waals surface area contributed by atoms with Crippen LogP contribution in [-0.2, 0) is 20.9 Å². The fourth-order valence-electron chi connectivity index (χ4n) is 2.66. The Bertz CT molecular complexity index is 1050. The average Bonchev–Trinajstić information content (AvgIpc) is 3.33. The van der Waals surface area contributed by atoms with Crippen LogP contribution in [0.2, 0.25) is 0 Å². The molecule has 1 aliphatic rings. The molecule has 2 amide bonds. The molecule has 7 nitrogen and oxygen atoms in total. The van der Waals surface area contributed by atoms with Gasteiger partial charge in [-0.1, -0.05) is 6.07 Å². The zero-order valence-electron chi connectivity index (χ0n) is 14.4. The number of nitrogens with one attached hydrogen (secondary N) is 1. The van der Waals surface area contributed by atoms with Crippen molar-refractivity contribution in [3.05, 3.63) is 40.1 Å². The second-order valence-electron chi connectivity index (χ2n) is 5.67. The van der Waals surface area contributed by atoms with Crippen molar-refractivity contribution in [2.24, 2.45) is 0 Å². The molecule has 1 aliphatic heterocycles. The second-order valence-corrected chi connectivity index (χ2v) is 7.47. The van der Waals surface area contributed by atoms with Gasteiger partial charge in [-0.05, 0) is 23.8 Å². The number of thiophene rings is 2. The summed E-state index contributed by atoms with van der Waals surface area (Å²) in [5.74, 6) is 0.157. The average molecular weight is 423 g/mol. The van der Waals surface area contributed by atoms with Crippen LogP contribution in [0.4, 0.5) is 5.82 Å². The van der Waals surface area contributed by atoms with Gasteiger partial charge >= 0.3 is 0 Å². The van der Waals surface area contributed by atoms with E-state index in [2.05, 4.69) is 15.4 Å². The molecule has 0 fully saturated rings. The number of methoxy groups -OCH3 is 1. The molecule has 0 saturated carbocycles. The number of nitrogens with zero attached hydrogens (tertiary/aromatic N) is 3. The number of aromatic nitrogens is 2. The number of hydrogen-bond acceptors (Lipinski definition) is 8. The molecule has 3 aromatic rings. The Labute approximate surface area is 169 Å². The molecule has 3 aromatic heterocycles. The molecule has 1 N–H and O–H groups in total. The van der Waals surface area contributed by atoms with E-state index in [0.717, 1.165) is 25.7 Å². The largest absolute Gasteiger partial charge is 0.380 e. The Morgan fingerprint density at radius 2 is 2.07 bits per heavy atom. The van der Waals surface area contributed by atoms with Crippen LogP contribution in [0.5, 0.6) is 0 Å². The molecule has 4 rings (SSSR count). The molecule has 10 heteroatoms. The Morgan fingerprint density at radius 3 is 2.70 bits per heavy atom. The van der Waals surface area contributed by atoms with E-state index in [0.29, 0.717) is 23.8 Å². The molecule has 0 atom stereocenters. The van der Waals surface area contributed by atoms with Crippen LogP contribution < -0.4 is 5.43 Å². The van der Waals surface area contributed by atoms with Gasteiger partial charge in [0.05, 0.1) is 16.9 Å². The third-order valence-corrected chi connectivity index (χ3v) is 5.66. The van der Waals surface area contributed by atoms with Crippen LogP contribution in [-0.4, -0.2) is 33.9 Å². The summed E-state index contributed by atoms with van der Waals surface area (Å²) in [6, 6.07) is 3.85. The monoisotopic (exact) mass is 422 g/mol. The normalized spacial score (nSPS) is 13.9. The van der Waals surface area contributed by atoms with Crippen molar-refractivity contribution in [3.8, 4) is 10.7 Å². The molecule has 0 spiro atoms. The number of imide groups is 1. The highest BCUT2D eigenvalue weighted by Gasteiger charge is 2.30. The zero-order chi connectivity index (χ0) is 18.3. The highest BCUT2D eigenvalue weighted by molar-refractivity contribution is 7.17. The van der Waals surface area contributed by atoms with Gasteiger partial charge in [-0.2, -0.15) is 5.01 Å². The molecule has 27 heavy (non-hydrogen) atoms. The maximum atomic E-state index is 12.2. The van der Waals surface area contributed by atoms with Crippen molar-refractivity contribution in [1.82, 2.24) is 15.0 Å². The maximum absolute atomic E-state index is 12.2. The number of carbonyl (C=O) groups is 2. The number of anilines is 1. The van der Waals surface area contributed by atoms with Crippen molar-refractivity contribution in [2.75, 3.05) is 12.5 Å². The molecular weight excluding hydrogens is 408 g/mol. The van der Waals surface area contributed by atoms with Crippen molar-refractivity contribution in [3.63, 3.8) is 0 Å². The quantitative estimate of drug-likeness (QED) is 0.632. The van der Waals surface area contributed by atoms with Gasteiger partial charge in [0.15, 0.2) is 11.6 Å². The maximum Gasteiger partial charge on any atom is 0.275 e. The highest BCUT2D eigenvalue weighted by atomic mass is 35.5. The number of ether oxygens (including phenoxy) is 1. The number of fused-ring (bicyclic) bond motifs is 1. The molecule has 0 saturated heterocycles. The van der Waals surface area contributed by atoms with E-state index >= 15 is 0 Å². The van der Waals surface area contributed by atoms with Crippen LogP contribution in [0.25, 0.3) is 20.9 Å². The predicted octanol–water partition coefficient (Wildman–Crippen LogP) is 3.63. The van der Waals surface area contributed by atoms with E-state index in [1.54, 1.807) is 14.0 Å². The van der Waals surface area contributed by atoms with Gasteiger partial charge in [-0.15, -0.1) is 35.1 Å². The van der Waals surface area contributed by atoms with Crippen LogP contribution in [0.1, 0.15) is 12.5 Å². The Morgan fingerprint density at radius 1 is 1.26 bits per heavy atom. The topological polar surface area (TPSA) is 84.4 Å². The fourth-order valence-corrected chi connectivity index (χ4v) is 4.24. The summed E-state index contributed by atoms with van der Waals surface area (Å²) in [5, 5.41) is 5.62. The lowest BCUT2D eigenvalue weighted by atomic mass is 10.2. The number of hydrazine groups is 1. The smallest absolute Gasteiger partial charge is 0.275 e. The van der Waals surface area contributed by atoms with Gasteiger partial charge in [-0.3, -0.25) is 15.0 Å². The van der Waals surface area contributed by atoms with Crippen LogP contribution >= 0.6 is 35.1 Å². The molecule has 0 aromatic carbocycles. The summed E-state index contributed by atoms with van der Waals surface area (Å²) >= 11 is 3.00. The molecule has 0 bridgehead atoms. The zero-order valence-corrected chi connectivity index (χ0v) is 16.8. The first-order valence-electron chi connectivity index (χ1n) is 7.72. The van der Waals surface area contributed by atoms with Gasteiger partial charge in [0.1, 0.15) is 4.83 Å². The molecule has 0 radical (unpaired) electrons. The van der Waals surface area contributed by atoms with Gasteiger partial charge in [0, 0.05) is 24.3 Å². The fraction of sp³-hybridized carbons (Fsp3) is 0.176. The molecule has 0 unspecified atom stereocenters. The lowest BCUT2D eigenvalue weighted by Crippen LogP contribution is -2.36.